The largest absolute Gasteiger partial charge is 0.480 e. The Balaban J connectivity index is 4.72. The number of nitrogens with two attached hydrogens (primary N) is 1. The number of nitrogens with zero attached hydrogens (tertiary/aromatic N) is 1. The van der Waals surface area contributed by atoms with Crippen LogP contribution in [-0.4, -0.2) is 63.5 Å². The van der Waals surface area contributed by atoms with Crippen molar-refractivity contribution in [3.63, 3.8) is 0 Å². The summed E-state index contributed by atoms with van der Waals surface area (Å²) in [5.74, 6) is -4.73. The minimum absolute atomic E-state index is 0.434. The minimum Gasteiger partial charge on any atom is -0.480 e. The molecule has 0 aromatic carbocycles. The number of carbonyl (C=O) groups is 4. The lowest BCUT2D eigenvalue weighted by molar-refractivity contribution is -0.143. The van der Waals surface area contributed by atoms with E-state index >= 15 is 0 Å². The summed E-state index contributed by atoms with van der Waals surface area (Å²) in [6.07, 6.45) is 0. The van der Waals surface area contributed by atoms with Crippen molar-refractivity contribution in [1.29, 1.82) is 0 Å². The van der Waals surface area contributed by atoms with Crippen LogP contribution in [0.2, 0.25) is 0 Å². The van der Waals surface area contributed by atoms with Crippen molar-refractivity contribution in [2.45, 2.75) is 10.5 Å². The van der Waals surface area contributed by atoms with Crippen molar-refractivity contribution in [2.24, 2.45) is 5.73 Å². The van der Waals surface area contributed by atoms with E-state index in [0.29, 0.717) is 21.6 Å². The summed E-state index contributed by atoms with van der Waals surface area (Å²) < 4.78 is 0. The maximum Gasteiger partial charge on any atom is 0.327 e. The monoisotopic (exact) mass is 296 g/mol. The molecule has 0 radical (unpaired) electrons. The fourth-order valence-electron chi connectivity index (χ4n) is 0.744. The number of carbonyl (C=O) groups excluding carboxylic acids is 2. The number of carboxylic acids is 2. The van der Waals surface area contributed by atoms with Crippen LogP contribution in [0.4, 0.5) is 0 Å². The first-order valence-corrected chi connectivity index (χ1v) is 6.74. The number of hydrogen-bond donors (Lipinski definition) is 3. The van der Waals surface area contributed by atoms with E-state index in [9.17, 15) is 19.2 Å². The summed E-state index contributed by atoms with van der Waals surface area (Å²) in [7, 11) is 3.64. The highest BCUT2D eigenvalue weighted by Gasteiger charge is 2.33. The van der Waals surface area contributed by atoms with Gasteiger partial charge in [0.25, 0.3) is 0 Å². The number of aliphatic carboxylic acids is 2. The molecule has 10 heteroatoms. The molecule has 0 fully saturated rings. The van der Waals surface area contributed by atoms with E-state index < -0.39 is 34.3 Å². The molecular weight excluding hydrogens is 284 g/mol. The van der Waals surface area contributed by atoms with Gasteiger partial charge in [-0.3, -0.25) is 19.2 Å². The van der Waals surface area contributed by atoms with E-state index in [4.69, 9.17) is 15.9 Å². The van der Waals surface area contributed by atoms with Crippen LogP contribution in [-0.2, 0) is 19.2 Å². The average molecular weight is 296 g/mol. The zero-order valence-electron chi connectivity index (χ0n) is 9.52. The van der Waals surface area contributed by atoms with Crippen LogP contribution in [0.5, 0.6) is 0 Å². The van der Waals surface area contributed by atoms with Crippen LogP contribution in [0, 0.1) is 0 Å². The molecule has 0 rings (SSSR count). The van der Waals surface area contributed by atoms with Gasteiger partial charge >= 0.3 is 11.9 Å². The molecule has 2 amide bonds. The third-order valence-electron chi connectivity index (χ3n) is 1.62. The van der Waals surface area contributed by atoms with Gasteiger partial charge in [0.05, 0.1) is 0 Å². The van der Waals surface area contributed by atoms with Crippen LogP contribution >= 0.6 is 21.6 Å². The number of primary amides is 1. The SMILES string of the molecule is CN(C)C(=O)C(SSC(C(N)=O)C(=O)O)C(=O)O. The molecule has 0 bridgehead atoms. The van der Waals surface area contributed by atoms with Crippen LogP contribution < -0.4 is 5.73 Å². The van der Waals surface area contributed by atoms with Crippen LogP contribution in [0.1, 0.15) is 0 Å². The fraction of sp³-hybridized carbons (Fsp3) is 0.500. The molecule has 0 aliphatic heterocycles. The molecule has 102 valence electrons. The third kappa shape index (κ3) is 4.84. The summed E-state index contributed by atoms with van der Waals surface area (Å²) in [6.45, 7) is 0. The predicted molar refractivity (Wildman–Crippen MR) is 65.9 cm³/mol. The highest BCUT2D eigenvalue weighted by Crippen LogP contribution is 2.32. The Morgan fingerprint density at radius 2 is 1.39 bits per heavy atom. The first-order chi connectivity index (χ1) is 8.18. The Morgan fingerprint density at radius 3 is 1.67 bits per heavy atom. The van der Waals surface area contributed by atoms with Gasteiger partial charge in [0.1, 0.15) is 0 Å². The number of amides is 2. The van der Waals surface area contributed by atoms with Crippen molar-refractivity contribution in [3.8, 4) is 0 Å². The molecule has 0 saturated heterocycles. The molecule has 0 aromatic rings. The standard InChI is InChI=1S/C8H12N2O6S2/c1-10(2)6(12)4(8(15)16)18-17-3(5(9)11)7(13)14/h3-4H,1-2H3,(H2,9,11)(H,13,14)(H,15,16). The highest BCUT2D eigenvalue weighted by molar-refractivity contribution is 8.77. The Kier molecular flexibility index (Phi) is 6.55. The van der Waals surface area contributed by atoms with Gasteiger partial charge in [0.2, 0.25) is 11.8 Å². The molecule has 0 aliphatic carbocycles. The van der Waals surface area contributed by atoms with E-state index in [-0.39, 0.29) is 0 Å². The zero-order chi connectivity index (χ0) is 14.5. The van der Waals surface area contributed by atoms with E-state index in [2.05, 4.69) is 0 Å². The molecule has 18 heavy (non-hydrogen) atoms. The first kappa shape index (κ1) is 16.6. The molecular formula is C8H12N2O6S2. The van der Waals surface area contributed by atoms with Gasteiger partial charge in [-0.25, -0.2) is 0 Å². The fourth-order valence-corrected chi connectivity index (χ4v) is 3.21. The Hall–Kier alpha value is -1.42. The number of carboxylic acid groups (broad SMARTS) is 2. The smallest absolute Gasteiger partial charge is 0.327 e. The first-order valence-electron chi connectivity index (χ1n) is 4.46. The maximum atomic E-state index is 11.5. The molecule has 4 N–H and O–H groups in total. The molecule has 8 nitrogen and oxygen atoms in total. The van der Waals surface area contributed by atoms with Gasteiger partial charge in [-0.1, -0.05) is 21.6 Å². The lowest BCUT2D eigenvalue weighted by Crippen LogP contribution is -2.37. The minimum atomic E-state index is -1.60. The van der Waals surface area contributed by atoms with Crippen LogP contribution in [0.3, 0.4) is 0 Å². The van der Waals surface area contributed by atoms with E-state index in [1.807, 2.05) is 0 Å². The summed E-state index contributed by atoms with van der Waals surface area (Å²) in [5, 5.41) is 14.4. The second-order valence-electron chi connectivity index (χ2n) is 3.26. The molecule has 0 aromatic heterocycles. The molecule has 0 heterocycles. The topological polar surface area (TPSA) is 138 Å². The molecule has 0 saturated carbocycles. The van der Waals surface area contributed by atoms with Crippen molar-refractivity contribution in [2.75, 3.05) is 14.1 Å². The molecule has 0 aliphatic rings. The normalized spacial score (nSPS) is 13.4. The summed E-state index contributed by atoms with van der Waals surface area (Å²) in [4.78, 5) is 44.8. The van der Waals surface area contributed by atoms with Gasteiger partial charge in [-0.05, 0) is 0 Å². The lowest BCUT2D eigenvalue weighted by Gasteiger charge is -2.17. The third-order valence-corrected chi connectivity index (χ3v) is 4.44. The Labute approximate surface area is 110 Å². The summed E-state index contributed by atoms with van der Waals surface area (Å²) in [5.41, 5.74) is 4.84. The zero-order valence-corrected chi connectivity index (χ0v) is 11.2. The van der Waals surface area contributed by atoms with Crippen molar-refractivity contribution < 1.29 is 29.4 Å². The predicted octanol–water partition coefficient (Wildman–Crippen LogP) is -1.15. The second-order valence-corrected chi connectivity index (χ2v) is 5.75. The van der Waals surface area contributed by atoms with Crippen molar-refractivity contribution >= 4 is 45.3 Å². The van der Waals surface area contributed by atoms with Gasteiger partial charge in [-0.2, -0.15) is 0 Å². The van der Waals surface area contributed by atoms with Crippen molar-refractivity contribution in [1.82, 2.24) is 4.90 Å². The summed E-state index contributed by atoms with van der Waals surface area (Å²) in [6, 6.07) is 0. The molecule has 2 unspecified atom stereocenters. The lowest BCUT2D eigenvalue weighted by atomic mass is 10.4. The van der Waals surface area contributed by atoms with Crippen LogP contribution in [0.25, 0.3) is 0 Å². The van der Waals surface area contributed by atoms with Gasteiger partial charge < -0.3 is 20.8 Å². The second kappa shape index (κ2) is 7.11. The Bertz CT molecular complexity index is 359. The van der Waals surface area contributed by atoms with Gasteiger partial charge in [-0.15, -0.1) is 0 Å². The Morgan fingerprint density at radius 1 is 1.00 bits per heavy atom. The van der Waals surface area contributed by atoms with E-state index in [1.165, 1.54) is 14.1 Å². The van der Waals surface area contributed by atoms with Gasteiger partial charge in [0.15, 0.2) is 10.5 Å². The maximum absolute atomic E-state index is 11.5. The average Bonchev–Trinajstić information content (AvgIpc) is 2.21. The van der Waals surface area contributed by atoms with E-state index in [1.54, 1.807) is 0 Å². The van der Waals surface area contributed by atoms with Gasteiger partial charge in [0, 0.05) is 14.1 Å². The highest BCUT2D eigenvalue weighted by atomic mass is 33.1. The number of rotatable bonds is 7. The van der Waals surface area contributed by atoms with E-state index in [0.717, 1.165) is 4.90 Å². The van der Waals surface area contributed by atoms with Crippen molar-refractivity contribution in [3.05, 3.63) is 0 Å². The summed E-state index contributed by atoms with van der Waals surface area (Å²) >= 11 is 0. The quantitative estimate of drug-likeness (QED) is 0.395. The molecule has 2 atom stereocenters. The number of hydrogen-bond acceptors (Lipinski definition) is 6. The molecule has 0 spiro atoms. The van der Waals surface area contributed by atoms with Crippen LogP contribution in [0.15, 0.2) is 0 Å².